The Labute approximate surface area is 136 Å². The van der Waals surface area contributed by atoms with Crippen molar-refractivity contribution in [3.8, 4) is 0 Å². The van der Waals surface area contributed by atoms with Gasteiger partial charge in [-0.3, -0.25) is 0 Å². The van der Waals surface area contributed by atoms with E-state index in [1.807, 2.05) is 4.52 Å². The minimum atomic E-state index is 0.559. The Bertz CT molecular complexity index is 696. The van der Waals surface area contributed by atoms with Crippen LogP contribution < -0.4 is 10.2 Å². The zero-order chi connectivity index (χ0) is 15.2. The summed E-state index contributed by atoms with van der Waals surface area (Å²) < 4.78 is 1.97. The maximum Gasteiger partial charge on any atom is 0.178 e. The molecule has 6 nitrogen and oxygen atoms in total. The van der Waals surface area contributed by atoms with Gasteiger partial charge in [0.05, 0.1) is 0 Å². The minimum Gasteiger partial charge on any atom is -0.354 e. The Kier molecular flexibility index (Phi) is 3.25. The highest BCUT2D eigenvalue weighted by atomic mass is 15.4. The monoisotopic (exact) mass is 312 g/mol. The highest BCUT2D eigenvalue weighted by Crippen LogP contribution is 2.35. The van der Waals surface area contributed by atoms with Crippen molar-refractivity contribution in [2.75, 3.05) is 31.1 Å². The van der Waals surface area contributed by atoms with E-state index in [2.05, 4.69) is 32.5 Å². The Balaban J connectivity index is 1.24. The number of hydrogen-bond donors (Lipinski definition) is 1. The van der Waals surface area contributed by atoms with Crippen LogP contribution in [0.15, 0.2) is 12.1 Å². The molecule has 23 heavy (non-hydrogen) atoms. The summed E-state index contributed by atoms with van der Waals surface area (Å²) in [6, 6.07) is 4.14. The molecule has 1 aliphatic heterocycles. The normalized spacial score (nSPS) is 22.3. The highest BCUT2D eigenvalue weighted by molar-refractivity contribution is 5.47. The molecule has 2 aromatic heterocycles. The van der Waals surface area contributed by atoms with Crippen LogP contribution in [0.4, 0.5) is 5.82 Å². The second-order valence-corrected chi connectivity index (χ2v) is 7.52. The Morgan fingerprint density at radius 2 is 1.83 bits per heavy atom. The molecule has 122 valence electrons. The van der Waals surface area contributed by atoms with Crippen molar-refractivity contribution in [2.45, 2.75) is 38.0 Å². The fourth-order valence-corrected chi connectivity index (χ4v) is 3.59. The molecule has 6 heteroatoms. The van der Waals surface area contributed by atoms with Crippen LogP contribution in [0.2, 0.25) is 0 Å². The van der Waals surface area contributed by atoms with E-state index in [1.165, 1.54) is 38.6 Å². The van der Waals surface area contributed by atoms with Gasteiger partial charge in [-0.15, -0.1) is 15.3 Å². The zero-order valence-electron chi connectivity index (χ0n) is 13.5. The van der Waals surface area contributed by atoms with Crippen LogP contribution in [0.5, 0.6) is 0 Å². The second-order valence-electron chi connectivity index (χ2n) is 7.52. The lowest BCUT2D eigenvalue weighted by Gasteiger charge is -2.40. The number of nitrogens with zero attached hydrogens (tertiary/aromatic N) is 5. The van der Waals surface area contributed by atoms with Crippen molar-refractivity contribution in [1.82, 2.24) is 25.1 Å². The molecule has 0 aromatic carbocycles. The molecular formula is C17H24N6. The average molecular weight is 312 g/mol. The molecule has 1 saturated heterocycles. The highest BCUT2D eigenvalue weighted by Gasteiger charge is 2.30. The fourth-order valence-electron chi connectivity index (χ4n) is 3.59. The summed E-state index contributed by atoms with van der Waals surface area (Å²) in [4.78, 5) is 2.37. The van der Waals surface area contributed by atoms with Crippen molar-refractivity contribution in [2.24, 2.45) is 11.8 Å². The quantitative estimate of drug-likeness (QED) is 0.882. The van der Waals surface area contributed by atoms with E-state index in [0.29, 0.717) is 5.92 Å². The van der Waals surface area contributed by atoms with Crippen molar-refractivity contribution < 1.29 is 0 Å². The molecule has 0 unspecified atom stereocenters. The average Bonchev–Trinajstić information content (AvgIpc) is 3.20. The maximum absolute atomic E-state index is 4.81. The lowest BCUT2D eigenvalue weighted by atomic mass is 9.85. The first-order valence-corrected chi connectivity index (χ1v) is 9.05. The van der Waals surface area contributed by atoms with Gasteiger partial charge in [0.15, 0.2) is 11.5 Å². The predicted molar refractivity (Wildman–Crippen MR) is 88.7 cm³/mol. The van der Waals surface area contributed by atoms with Gasteiger partial charge in [-0.2, -0.15) is 4.52 Å². The van der Waals surface area contributed by atoms with Gasteiger partial charge in [-0.05, 0) is 50.3 Å². The molecular weight excluding hydrogens is 288 g/mol. The van der Waals surface area contributed by atoms with Crippen LogP contribution in [0.1, 0.15) is 43.8 Å². The summed E-state index contributed by atoms with van der Waals surface area (Å²) in [6.45, 7) is 4.58. The van der Waals surface area contributed by atoms with Crippen molar-refractivity contribution in [1.29, 1.82) is 0 Å². The van der Waals surface area contributed by atoms with Gasteiger partial charge in [-0.25, -0.2) is 0 Å². The summed E-state index contributed by atoms with van der Waals surface area (Å²) >= 11 is 0. The van der Waals surface area contributed by atoms with Gasteiger partial charge in [0.2, 0.25) is 0 Å². The SMILES string of the molecule is c1cc2nnc(C3CCC3)n2nc1N1CC(CNCC2CC2)C1. The van der Waals surface area contributed by atoms with E-state index < -0.39 is 0 Å². The number of aromatic nitrogens is 4. The van der Waals surface area contributed by atoms with Gasteiger partial charge in [0.25, 0.3) is 0 Å². The second kappa shape index (κ2) is 5.44. The van der Waals surface area contributed by atoms with Gasteiger partial charge in [0.1, 0.15) is 5.82 Å². The van der Waals surface area contributed by atoms with Gasteiger partial charge < -0.3 is 10.2 Å². The minimum absolute atomic E-state index is 0.559. The molecule has 2 saturated carbocycles. The molecule has 0 amide bonds. The summed E-state index contributed by atoms with van der Waals surface area (Å²) in [5.74, 6) is 4.41. The third-order valence-corrected chi connectivity index (χ3v) is 5.59. The molecule has 1 N–H and O–H groups in total. The number of fused-ring (bicyclic) bond motifs is 1. The molecule has 0 spiro atoms. The van der Waals surface area contributed by atoms with E-state index in [1.54, 1.807) is 0 Å². The third kappa shape index (κ3) is 2.59. The maximum atomic E-state index is 4.81. The van der Waals surface area contributed by atoms with Crippen LogP contribution >= 0.6 is 0 Å². The summed E-state index contributed by atoms with van der Waals surface area (Å²) in [5.41, 5.74) is 0.874. The van der Waals surface area contributed by atoms with Crippen LogP contribution in [-0.4, -0.2) is 46.0 Å². The molecule has 0 bridgehead atoms. The van der Waals surface area contributed by atoms with Crippen LogP contribution in [-0.2, 0) is 0 Å². The van der Waals surface area contributed by atoms with Gasteiger partial charge >= 0.3 is 0 Å². The third-order valence-electron chi connectivity index (χ3n) is 5.59. The Morgan fingerprint density at radius 1 is 1.00 bits per heavy atom. The Hall–Kier alpha value is -1.69. The smallest absolute Gasteiger partial charge is 0.178 e. The van der Waals surface area contributed by atoms with Crippen LogP contribution in [0.25, 0.3) is 5.65 Å². The van der Waals surface area contributed by atoms with Gasteiger partial charge in [-0.1, -0.05) is 6.42 Å². The molecule has 0 atom stereocenters. The first kappa shape index (κ1) is 13.7. The van der Waals surface area contributed by atoms with E-state index in [4.69, 9.17) is 5.10 Å². The summed E-state index contributed by atoms with van der Waals surface area (Å²) in [7, 11) is 0. The number of rotatable bonds is 6. The molecule has 3 heterocycles. The van der Waals surface area contributed by atoms with E-state index in [0.717, 1.165) is 48.8 Å². The van der Waals surface area contributed by atoms with Crippen LogP contribution in [0.3, 0.4) is 0 Å². The lowest BCUT2D eigenvalue weighted by Crippen LogP contribution is -2.51. The molecule has 3 aliphatic rings. The first-order chi connectivity index (χ1) is 11.4. The molecule has 5 rings (SSSR count). The molecule has 2 aliphatic carbocycles. The standard InChI is InChI=1S/C17H24N6/c1-2-14(3-1)17-20-19-15-6-7-16(21-23(15)17)22-10-13(11-22)9-18-8-12-4-5-12/h6-7,12-14,18H,1-5,8-11H2. The Morgan fingerprint density at radius 3 is 2.57 bits per heavy atom. The molecule has 0 radical (unpaired) electrons. The number of anilines is 1. The largest absolute Gasteiger partial charge is 0.354 e. The van der Waals surface area contributed by atoms with Crippen molar-refractivity contribution >= 4 is 11.5 Å². The molecule has 3 fully saturated rings. The summed E-state index contributed by atoms with van der Waals surface area (Å²) in [5, 5.41) is 17.1. The van der Waals surface area contributed by atoms with E-state index in [9.17, 15) is 0 Å². The lowest BCUT2D eigenvalue weighted by molar-refractivity contribution is 0.377. The van der Waals surface area contributed by atoms with E-state index >= 15 is 0 Å². The van der Waals surface area contributed by atoms with Crippen molar-refractivity contribution in [3.63, 3.8) is 0 Å². The first-order valence-electron chi connectivity index (χ1n) is 9.05. The van der Waals surface area contributed by atoms with Gasteiger partial charge in [0, 0.05) is 31.5 Å². The van der Waals surface area contributed by atoms with E-state index in [-0.39, 0.29) is 0 Å². The predicted octanol–water partition coefficient (Wildman–Crippen LogP) is 1.83. The number of hydrogen-bond acceptors (Lipinski definition) is 5. The van der Waals surface area contributed by atoms with Crippen LogP contribution in [0, 0.1) is 11.8 Å². The van der Waals surface area contributed by atoms with Crippen molar-refractivity contribution in [3.05, 3.63) is 18.0 Å². The summed E-state index contributed by atoms with van der Waals surface area (Å²) in [6.07, 6.45) is 6.61. The zero-order valence-corrected chi connectivity index (χ0v) is 13.5. The fraction of sp³-hybridized carbons (Fsp3) is 0.706. The topological polar surface area (TPSA) is 58.4 Å². The molecule has 2 aromatic rings. The number of nitrogens with one attached hydrogen (secondary N) is 1.